The molecule has 0 unspecified atom stereocenters. The fourth-order valence-corrected chi connectivity index (χ4v) is 4.22. The molecule has 4 aromatic rings. The Hall–Kier alpha value is -3.60. The molecule has 0 saturated heterocycles. The number of pyridine rings is 1. The fourth-order valence-electron chi connectivity index (χ4n) is 4.22. The van der Waals surface area contributed by atoms with Gasteiger partial charge >= 0.3 is 5.97 Å². The van der Waals surface area contributed by atoms with Crippen molar-refractivity contribution in [2.24, 2.45) is 0 Å². The van der Waals surface area contributed by atoms with Crippen LogP contribution in [0.25, 0.3) is 22.1 Å². The smallest absolute Gasteiger partial charge is 0.310 e. The predicted octanol–water partition coefficient (Wildman–Crippen LogP) is 6.91. The molecule has 232 valence electrons. The number of hydrogen-bond acceptors (Lipinski definition) is 9. The predicted molar refractivity (Wildman–Crippen MR) is 169 cm³/mol. The fraction of sp³-hybridized carbons (Fsp3) is 0.394. The Kier molecular flexibility index (Phi) is 12.4. The van der Waals surface area contributed by atoms with Gasteiger partial charge in [0.25, 0.3) is 0 Å². The van der Waals surface area contributed by atoms with Crippen molar-refractivity contribution in [3.63, 3.8) is 0 Å². The first-order valence-electron chi connectivity index (χ1n) is 14.0. The number of aromatic nitrogens is 1. The van der Waals surface area contributed by atoms with Crippen LogP contribution in [0.4, 0.5) is 4.39 Å². The Labute approximate surface area is 258 Å². The van der Waals surface area contributed by atoms with Gasteiger partial charge < -0.3 is 28.7 Å². The molecule has 43 heavy (non-hydrogen) atoms. The van der Waals surface area contributed by atoms with Crippen molar-refractivity contribution in [1.29, 1.82) is 0 Å². The number of carbonyl (C=O) groups excluding carboxylic acids is 1. The van der Waals surface area contributed by atoms with Gasteiger partial charge in [0.1, 0.15) is 36.1 Å². The third kappa shape index (κ3) is 9.98. The minimum absolute atomic E-state index is 0.0655. The standard InChI is InChI=1S/C29H31FN2O6.C4H10S/c1-5-36-27(33)13-19-6-7-21(35-4)14-26(19)37-16-18-10-20-12-22(17-34-3)38-29(20)24(11-18)23-8-9-32-25(15-31-2)28(23)30;1-4(2,3)5/h6-12,14,31H,5,13,15-17H2,1-4H3;5H,1-3H3. The van der Waals surface area contributed by atoms with Crippen LogP contribution < -0.4 is 14.8 Å². The molecule has 0 fully saturated rings. The van der Waals surface area contributed by atoms with Crippen LogP contribution in [0.5, 0.6) is 11.5 Å². The molecule has 0 aliphatic rings. The molecule has 0 spiro atoms. The van der Waals surface area contributed by atoms with Crippen molar-refractivity contribution in [2.75, 3.05) is 27.9 Å². The van der Waals surface area contributed by atoms with Crippen molar-refractivity contribution in [3.8, 4) is 22.6 Å². The Balaban J connectivity index is 0.000000934. The Morgan fingerprint density at radius 1 is 1.07 bits per heavy atom. The van der Waals surface area contributed by atoms with Gasteiger partial charge in [-0.2, -0.15) is 12.6 Å². The molecular weight excluding hydrogens is 571 g/mol. The zero-order valence-corrected chi connectivity index (χ0v) is 26.8. The maximum Gasteiger partial charge on any atom is 0.310 e. The third-order valence-electron chi connectivity index (χ3n) is 5.92. The van der Waals surface area contributed by atoms with Gasteiger partial charge in [-0.15, -0.1) is 0 Å². The molecule has 0 aliphatic carbocycles. The second kappa shape index (κ2) is 15.7. The molecule has 0 atom stereocenters. The number of benzene rings is 2. The quantitative estimate of drug-likeness (QED) is 0.132. The Morgan fingerprint density at radius 3 is 2.47 bits per heavy atom. The van der Waals surface area contributed by atoms with Crippen molar-refractivity contribution >= 4 is 29.6 Å². The highest BCUT2D eigenvalue weighted by Gasteiger charge is 2.19. The van der Waals surface area contributed by atoms with Crippen molar-refractivity contribution in [1.82, 2.24) is 10.3 Å². The molecule has 8 nitrogen and oxygen atoms in total. The molecule has 1 N–H and O–H groups in total. The lowest BCUT2D eigenvalue weighted by molar-refractivity contribution is -0.142. The topological polar surface area (TPSA) is 92.1 Å². The highest BCUT2D eigenvalue weighted by atomic mass is 32.1. The number of halogens is 1. The summed E-state index contributed by atoms with van der Waals surface area (Å²) in [5.74, 6) is 0.948. The molecule has 0 bridgehead atoms. The van der Waals surface area contributed by atoms with Gasteiger partial charge in [0.05, 0.1) is 25.8 Å². The van der Waals surface area contributed by atoms with Crippen LogP contribution in [0, 0.1) is 5.82 Å². The molecule has 0 saturated carbocycles. The van der Waals surface area contributed by atoms with Crippen LogP contribution in [0.15, 0.2) is 53.1 Å². The summed E-state index contributed by atoms with van der Waals surface area (Å²) in [6.07, 6.45) is 1.65. The summed E-state index contributed by atoms with van der Waals surface area (Å²) < 4.78 is 43.6. The summed E-state index contributed by atoms with van der Waals surface area (Å²) in [7, 11) is 4.89. The number of ether oxygens (including phenoxy) is 4. The maximum atomic E-state index is 15.5. The highest BCUT2D eigenvalue weighted by Crippen LogP contribution is 2.35. The van der Waals surface area contributed by atoms with E-state index >= 15 is 4.39 Å². The molecule has 0 radical (unpaired) electrons. The first-order chi connectivity index (χ1) is 20.5. The van der Waals surface area contributed by atoms with E-state index in [1.807, 2.05) is 18.2 Å². The monoisotopic (exact) mass is 612 g/mol. The van der Waals surface area contributed by atoms with E-state index in [-0.39, 0.29) is 36.9 Å². The van der Waals surface area contributed by atoms with E-state index in [0.29, 0.717) is 51.8 Å². The minimum atomic E-state index is -0.421. The average molecular weight is 613 g/mol. The summed E-state index contributed by atoms with van der Waals surface area (Å²) in [6.45, 7) is 8.95. The van der Waals surface area contributed by atoms with Crippen molar-refractivity contribution in [3.05, 3.63) is 77.1 Å². The molecule has 10 heteroatoms. The van der Waals surface area contributed by atoms with Gasteiger partial charge in [0.15, 0.2) is 5.82 Å². The normalized spacial score (nSPS) is 11.2. The number of thiol groups is 1. The number of methoxy groups -OCH3 is 2. The zero-order chi connectivity index (χ0) is 31.6. The minimum Gasteiger partial charge on any atom is -0.497 e. The van der Waals surface area contributed by atoms with Crippen molar-refractivity contribution in [2.45, 2.75) is 58.6 Å². The highest BCUT2D eigenvalue weighted by molar-refractivity contribution is 7.81. The van der Waals surface area contributed by atoms with Crippen LogP contribution in [0.3, 0.4) is 0 Å². The Bertz CT molecular complexity index is 1510. The molecule has 2 heterocycles. The molecule has 2 aromatic heterocycles. The number of nitrogens with zero attached hydrogens (tertiary/aromatic N) is 1. The second-order valence-corrected chi connectivity index (χ2v) is 12.1. The SMILES string of the molecule is CC(C)(C)S.CCOC(=O)Cc1ccc(OC)cc1OCc1cc(-c2ccnc(CNC)c2F)c2oc(COC)cc2c1. The second-order valence-electron chi connectivity index (χ2n) is 10.8. The van der Waals surface area contributed by atoms with Gasteiger partial charge in [0.2, 0.25) is 0 Å². The average Bonchev–Trinajstić information content (AvgIpc) is 3.35. The number of nitrogens with one attached hydrogen (secondary N) is 1. The van der Waals surface area contributed by atoms with E-state index in [2.05, 4.69) is 43.7 Å². The van der Waals surface area contributed by atoms with E-state index < -0.39 is 5.82 Å². The molecular formula is C33H41FN2O6S. The van der Waals surface area contributed by atoms with Crippen molar-refractivity contribution < 1.29 is 32.5 Å². The lowest BCUT2D eigenvalue weighted by atomic mass is 10.00. The van der Waals surface area contributed by atoms with Crippen LogP contribution >= 0.6 is 12.6 Å². The number of carbonyl (C=O) groups is 1. The van der Waals surface area contributed by atoms with Gasteiger partial charge in [-0.05, 0) is 49.9 Å². The molecule has 0 amide bonds. The van der Waals surface area contributed by atoms with Gasteiger partial charge in [-0.1, -0.05) is 26.8 Å². The molecule has 2 aromatic carbocycles. The summed E-state index contributed by atoms with van der Waals surface area (Å²) in [5.41, 5.74) is 3.27. The van der Waals surface area contributed by atoms with Crippen LogP contribution in [0.2, 0.25) is 0 Å². The van der Waals surface area contributed by atoms with Gasteiger partial charge in [-0.3, -0.25) is 9.78 Å². The summed E-state index contributed by atoms with van der Waals surface area (Å²) >= 11 is 4.12. The Morgan fingerprint density at radius 2 is 1.81 bits per heavy atom. The largest absolute Gasteiger partial charge is 0.497 e. The summed E-state index contributed by atoms with van der Waals surface area (Å²) in [5, 5.41) is 3.73. The van der Waals surface area contributed by atoms with E-state index in [1.54, 1.807) is 58.7 Å². The summed E-state index contributed by atoms with van der Waals surface area (Å²) in [4.78, 5) is 16.3. The number of fused-ring (bicyclic) bond motifs is 1. The van der Waals surface area contributed by atoms with E-state index in [1.165, 1.54) is 0 Å². The van der Waals surface area contributed by atoms with E-state index in [4.69, 9.17) is 23.4 Å². The third-order valence-corrected chi connectivity index (χ3v) is 5.92. The molecule has 4 rings (SSSR count). The maximum absolute atomic E-state index is 15.5. The van der Waals surface area contributed by atoms with Gasteiger partial charge in [-0.25, -0.2) is 4.39 Å². The van der Waals surface area contributed by atoms with E-state index in [0.717, 1.165) is 10.9 Å². The first-order valence-corrected chi connectivity index (χ1v) is 14.4. The van der Waals surface area contributed by atoms with E-state index in [9.17, 15) is 4.79 Å². The van der Waals surface area contributed by atoms with Crippen LogP contribution in [0.1, 0.15) is 50.3 Å². The first kappa shape index (κ1) is 33.9. The lowest BCUT2D eigenvalue weighted by Gasteiger charge is -2.14. The zero-order valence-electron chi connectivity index (χ0n) is 25.9. The number of furan rings is 1. The number of hydrogen-bond donors (Lipinski definition) is 2. The number of rotatable bonds is 12. The lowest BCUT2D eigenvalue weighted by Crippen LogP contribution is -2.10. The summed E-state index contributed by atoms with van der Waals surface area (Å²) in [6, 6.07) is 12.6. The van der Waals surface area contributed by atoms with Gasteiger partial charge in [0, 0.05) is 52.7 Å². The molecule has 0 aliphatic heterocycles. The van der Waals surface area contributed by atoms with Crippen LogP contribution in [-0.2, 0) is 40.4 Å². The number of esters is 1. The van der Waals surface area contributed by atoms with Crippen LogP contribution in [-0.4, -0.2) is 43.6 Å².